The Morgan fingerprint density at radius 3 is 2.79 bits per heavy atom. The number of carboxylic acids is 1. The summed E-state index contributed by atoms with van der Waals surface area (Å²) in [6.45, 7) is 0.394. The summed E-state index contributed by atoms with van der Waals surface area (Å²) >= 11 is 0. The van der Waals surface area contributed by atoms with Gasteiger partial charge in [-0.25, -0.2) is 0 Å². The molecule has 0 spiro atoms. The van der Waals surface area contributed by atoms with Crippen LogP contribution in [0.15, 0.2) is 4.79 Å². The standard InChI is InChI=1S/C7H9N3O3.ClH/c11-6-3-1-4(7(12)13)8-2-5(3)9-10-6;/h4,8H,1-2H2,(H,12,13)(H2,9,10,11);1H. The fourth-order valence-corrected chi connectivity index (χ4v) is 1.46. The van der Waals surface area contributed by atoms with Crippen LogP contribution in [-0.2, 0) is 17.8 Å². The monoisotopic (exact) mass is 219 g/mol. The van der Waals surface area contributed by atoms with Crippen LogP contribution in [0.5, 0.6) is 0 Å². The Hall–Kier alpha value is -1.27. The van der Waals surface area contributed by atoms with Gasteiger partial charge in [0.05, 0.1) is 5.69 Å². The molecule has 1 unspecified atom stereocenters. The number of carboxylic acid groups (broad SMARTS) is 1. The summed E-state index contributed by atoms with van der Waals surface area (Å²) in [4.78, 5) is 21.7. The van der Waals surface area contributed by atoms with Gasteiger partial charge < -0.3 is 10.2 Å². The normalized spacial score (nSPS) is 19.6. The van der Waals surface area contributed by atoms with Gasteiger partial charge in [0.25, 0.3) is 5.56 Å². The molecule has 1 aromatic rings. The second-order valence-electron chi connectivity index (χ2n) is 3.01. The zero-order chi connectivity index (χ0) is 9.42. The fraction of sp³-hybridized carbons (Fsp3) is 0.429. The molecular weight excluding hydrogens is 210 g/mol. The maximum atomic E-state index is 11.1. The molecule has 6 nitrogen and oxygen atoms in total. The van der Waals surface area contributed by atoms with Crippen molar-refractivity contribution in [2.24, 2.45) is 0 Å². The van der Waals surface area contributed by atoms with Crippen LogP contribution in [-0.4, -0.2) is 27.3 Å². The number of carbonyl (C=O) groups is 1. The van der Waals surface area contributed by atoms with Crippen LogP contribution in [0.1, 0.15) is 11.3 Å². The van der Waals surface area contributed by atoms with Gasteiger partial charge in [0, 0.05) is 18.5 Å². The van der Waals surface area contributed by atoms with Crippen LogP contribution in [0.25, 0.3) is 0 Å². The molecule has 0 saturated carbocycles. The molecule has 1 atom stereocenters. The van der Waals surface area contributed by atoms with E-state index in [2.05, 4.69) is 15.5 Å². The second kappa shape index (κ2) is 3.85. The SMILES string of the molecule is Cl.O=C(O)C1Cc2c([nH][nH]c2=O)CN1. The molecule has 4 N–H and O–H groups in total. The van der Waals surface area contributed by atoms with Gasteiger partial charge in [-0.1, -0.05) is 0 Å². The van der Waals surface area contributed by atoms with E-state index in [0.29, 0.717) is 12.1 Å². The number of hydrogen-bond acceptors (Lipinski definition) is 3. The van der Waals surface area contributed by atoms with Crippen molar-refractivity contribution in [3.63, 3.8) is 0 Å². The zero-order valence-electron chi connectivity index (χ0n) is 7.16. The number of nitrogens with one attached hydrogen (secondary N) is 3. The maximum Gasteiger partial charge on any atom is 0.321 e. The molecule has 0 amide bonds. The largest absolute Gasteiger partial charge is 0.480 e. The van der Waals surface area contributed by atoms with Crippen molar-refractivity contribution in [2.75, 3.05) is 0 Å². The average Bonchev–Trinajstić information content (AvgIpc) is 2.47. The van der Waals surface area contributed by atoms with Crippen LogP contribution in [0.2, 0.25) is 0 Å². The Morgan fingerprint density at radius 1 is 1.43 bits per heavy atom. The van der Waals surface area contributed by atoms with E-state index in [-0.39, 0.29) is 24.4 Å². The summed E-state index contributed by atoms with van der Waals surface area (Å²) in [6, 6.07) is -0.649. The van der Waals surface area contributed by atoms with E-state index in [4.69, 9.17) is 5.11 Å². The highest BCUT2D eigenvalue weighted by Crippen LogP contribution is 2.09. The summed E-state index contributed by atoms with van der Waals surface area (Å²) in [7, 11) is 0. The van der Waals surface area contributed by atoms with Gasteiger partial charge in [-0.2, -0.15) is 0 Å². The number of H-pyrrole nitrogens is 2. The van der Waals surface area contributed by atoms with Gasteiger partial charge in [-0.3, -0.25) is 20.0 Å². The number of halogens is 1. The molecule has 1 aromatic heterocycles. The van der Waals surface area contributed by atoms with Crippen molar-refractivity contribution in [1.82, 2.24) is 15.5 Å². The van der Waals surface area contributed by atoms with Gasteiger partial charge in [0.15, 0.2) is 0 Å². The quantitative estimate of drug-likeness (QED) is 0.498. The summed E-state index contributed by atoms with van der Waals surface area (Å²) < 4.78 is 0. The van der Waals surface area contributed by atoms with Crippen LogP contribution in [0.4, 0.5) is 0 Å². The third kappa shape index (κ3) is 1.66. The van der Waals surface area contributed by atoms with Gasteiger partial charge in [-0.05, 0) is 0 Å². The fourth-order valence-electron chi connectivity index (χ4n) is 1.46. The molecule has 0 bridgehead atoms. The Morgan fingerprint density at radius 2 is 2.14 bits per heavy atom. The molecule has 7 heteroatoms. The first-order valence-electron chi connectivity index (χ1n) is 3.93. The van der Waals surface area contributed by atoms with Crippen molar-refractivity contribution in [1.29, 1.82) is 0 Å². The minimum Gasteiger partial charge on any atom is -0.480 e. The van der Waals surface area contributed by atoms with E-state index in [1.165, 1.54) is 0 Å². The van der Waals surface area contributed by atoms with Crippen LogP contribution < -0.4 is 10.9 Å². The Bertz CT molecular complexity index is 397. The molecule has 0 aromatic carbocycles. The predicted octanol–water partition coefficient (Wildman–Crippen LogP) is -0.776. The first-order valence-corrected chi connectivity index (χ1v) is 3.93. The van der Waals surface area contributed by atoms with Crippen molar-refractivity contribution < 1.29 is 9.90 Å². The Kier molecular flexibility index (Phi) is 2.97. The van der Waals surface area contributed by atoms with Crippen molar-refractivity contribution in [3.05, 3.63) is 21.6 Å². The third-order valence-electron chi connectivity index (χ3n) is 2.20. The molecule has 0 aliphatic carbocycles. The third-order valence-corrected chi connectivity index (χ3v) is 2.20. The molecule has 0 fully saturated rings. The lowest BCUT2D eigenvalue weighted by molar-refractivity contribution is -0.139. The summed E-state index contributed by atoms with van der Waals surface area (Å²) in [5.74, 6) is -0.925. The predicted molar refractivity (Wildman–Crippen MR) is 50.6 cm³/mol. The van der Waals surface area contributed by atoms with E-state index in [1.807, 2.05) is 0 Å². The highest BCUT2D eigenvalue weighted by atomic mass is 35.5. The lowest BCUT2D eigenvalue weighted by Gasteiger charge is -2.18. The summed E-state index contributed by atoms with van der Waals surface area (Å²) in [6.07, 6.45) is 0.240. The number of hydrogen-bond donors (Lipinski definition) is 4. The van der Waals surface area contributed by atoms with E-state index < -0.39 is 12.0 Å². The van der Waals surface area contributed by atoms with Crippen molar-refractivity contribution in [3.8, 4) is 0 Å². The van der Waals surface area contributed by atoms with E-state index >= 15 is 0 Å². The Labute approximate surface area is 85.1 Å². The topological polar surface area (TPSA) is 98.0 Å². The molecule has 2 heterocycles. The maximum absolute atomic E-state index is 11.1. The molecule has 1 aliphatic rings. The van der Waals surface area contributed by atoms with E-state index in [1.54, 1.807) is 0 Å². The molecule has 1 aliphatic heterocycles. The van der Waals surface area contributed by atoms with Gasteiger partial charge >= 0.3 is 5.97 Å². The van der Waals surface area contributed by atoms with E-state index in [0.717, 1.165) is 5.69 Å². The minimum absolute atomic E-state index is 0. The van der Waals surface area contributed by atoms with E-state index in [9.17, 15) is 9.59 Å². The van der Waals surface area contributed by atoms with Gasteiger partial charge in [0.1, 0.15) is 6.04 Å². The highest BCUT2D eigenvalue weighted by molar-refractivity contribution is 5.85. The van der Waals surface area contributed by atoms with Crippen LogP contribution >= 0.6 is 12.4 Å². The first-order chi connectivity index (χ1) is 6.18. The number of aliphatic carboxylic acids is 1. The zero-order valence-corrected chi connectivity index (χ0v) is 7.98. The lowest BCUT2D eigenvalue weighted by Crippen LogP contribution is -2.42. The average molecular weight is 220 g/mol. The molecule has 2 rings (SSSR count). The number of fused-ring (bicyclic) bond motifs is 1. The smallest absolute Gasteiger partial charge is 0.321 e. The van der Waals surface area contributed by atoms with Crippen molar-refractivity contribution in [2.45, 2.75) is 19.0 Å². The number of rotatable bonds is 1. The van der Waals surface area contributed by atoms with Crippen molar-refractivity contribution >= 4 is 18.4 Å². The molecule has 0 saturated heterocycles. The molecule has 78 valence electrons. The van der Waals surface area contributed by atoms with Crippen LogP contribution in [0, 0.1) is 0 Å². The number of aromatic nitrogens is 2. The summed E-state index contributed by atoms with van der Waals surface area (Å²) in [5.41, 5.74) is 1.08. The first kappa shape index (κ1) is 10.8. The van der Waals surface area contributed by atoms with Crippen LogP contribution in [0.3, 0.4) is 0 Å². The lowest BCUT2D eigenvalue weighted by atomic mass is 10.0. The number of aromatic amines is 2. The Balaban J connectivity index is 0.000000980. The minimum atomic E-state index is -0.925. The highest BCUT2D eigenvalue weighted by Gasteiger charge is 2.26. The van der Waals surface area contributed by atoms with Gasteiger partial charge in [0.2, 0.25) is 0 Å². The molecule has 0 radical (unpaired) electrons. The summed E-state index contributed by atoms with van der Waals surface area (Å²) in [5, 5.41) is 16.6. The molecular formula is C7H10ClN3O3. The second-order valence-corrected chi connectivity index (χ2v) is 3.01. The molecule has 14 heavy (non-hydrogen) atoms. The van der Waals surface area contributed by atoms with Gasteiger partial charge in [-0.15, -0.1) is 12.4 Å².